The zero-order chi connectivity index (χ0) is 19.4. The summed E-state index contributed by atoms with van der Waals surface area (Å²) in [5.41, 5.74) is 0.695. The van der Waals surface area contributed by atoms with Gasteiger partial charge in [-0.25, -0.2) is 8.42 Å². The van der Waals surface area contributed by atoms with Crippen LogP contribution in [0.3, 0.4) is 0 Å². The minimum Gasteiger partial charge on any atom is -0.387 e. The number of nitrogens with zero attached hydrogens (tertiary/aromatic N) is 3. The third kappa shape index (κ3) is 4.76. The standard InChI is InChI=1S/C19H27N3O4S/c1-15(2)11-21(13-19(23)16-6-4-3-5-7-16)27(24,25)18-10-20-22(12-18)17-8-9-26-14-17/h3-7,10,12,15,17,19,23H,8-9,11,13-14H2,1-2H3/t17-,19+/m1/s1. The van der Waals surface area contributed by atoms with E-state index in [1.54, 1.807) is 23.0 Å². The number of hydrogen-bond donors (Lipinski definition) is 1. The van der Waals surface area contributed by atoms with Crippen molar-refractivity contribution in [2.45, 2.75) is 37.3 Å². The summed E-state index contributed by atoms with van der Waals surface area (Å²) in [6.45, 7) is 5.44. The van der Waals surface area contributed by atoms with Crippen molar-refractivity contribution in [3.8, 4) is 0 Å². The molecule has 2 atom stereocenters. The van der Waals surface area contributed by atoms with Crippen LogP contribution in [-0.2, 0) is 14.8 Å². The summed E-state index contributed by atoms with van der Waals surface area (Å²) in [4.78, 5) is 0.148. The summed E-state index contributed by atoms with van der Waals surface area (Å²) in [5, 5.41) is 14.8. The van der Waals surface area contributed by atoms with Gasteiger partial charge in [0.2, 0.25) is 10.0 Å². The number of hydrogen-bond acceptors (Lipinski definition) is 5. The van der Waals surface area contributed by atoms with Crippen LogP contribution < -0.4 is 0 Å². The third-order valence-corrected chi connectivity index (χ3v) is 6.41. The molecule has 0 bridgehead atoms. The Morgan fingerprint density at radius 1 is 1.30 bits per heavy atom. The third-order valence-electron chi connectivity index (χ3n) is 4.63. The van der Waals surface area contributed by atoms with E-state index >= 15 is 0 Å². The molecule has 27 heavy (non-hydrogen) atoms. The maximum atomic E-state index is 13.2. The zero-order valence-corrected chi connectivity index (χ0v) is 16.5. The first kappa shape index (κ1) is 20.0. The fraction of sp³-hybridized carbons (Fsp3) is 0.526. The average molecular weight is 394 g/mol. The van der Waals surface area contributed by atoms with Gasteiger partial charge >= 0.3 is 0 Å². The van der Waals surface area contributed by atoms with E-state index in [4.69, 9.17) is 4.74 Å². The molecule has 0 amide bonds. The molecule has 1 aromatic heterocycles. The van der Waals surface area contributed by atoms with E-state index in [2.05, 4.69) is 5.10 Å². The molecule has 1 aliphatic rings. The highest BCUT2D eigenvalue weighted by Gasteiger charge is 2.30. The predicted octanol–water partition coefficient (Wildman–Crippen LogP) is 2.22. The number of ether oxygens (including phenoxy) is 1. The van der Waals surface area contributed by atoms with Gasteiger partial charge in [-0.3, -0.25) is 4.68 Å². The number of aromatic nitrogens is 2. The van der Waals surface area contributed by atoms with Crippen molar-refractivity contribution in [2.24, 2.45) is 5.92 Å². The number of rotatable bonds is 8. The van der Waals surface area contributed by atoms with Crippen LogP contribution in [0.1, 0.15) is 38.0 Å². The molecule has 1 aliphatic heterocycles. The van der Waals surface area contributed by atoms with Crippen LogP contribution in [0.4, 0.5) is 0 Å². The lowest BCUT2D eigenvalue weighted by Crippen LogP contribution is -2.37. The monoisotopic (exact) mass is 393 g/mol. The topological polar surface area (TPSA) is 84.7 Å². The summed E-state index contributed by atoms with van der Waals surface area (Å²) < 4.78 is 34.8. The van der Waals surface area contributed by atoms with Crippen LogP contribution >= 0.6 is 0 Å². The minimum absolute atomic E-state index is 0.00223. The van der Waals surface area contributed by atoms with Crippen molar-refractivity contribution >= 4 is 10.0 Å². The van der Waals surface area contributed by atoms with Crippen molar-refractivity contribution in [1.82, 2.24) is 14.1 Å². The largest absolute Gasteiger partial charge is 0.387 e. The van der Waals surface area contributed by atoms with Gasteiger partial charge in [0.05, 0.1) is 24.9 Å². The summed E-state index contributed by atoms with van der Waals surface area (Å²) in [6, 6.07) is 9.18. The number of sulfonamides is 1. The van der Waals surface area contributed by atoms with Crippen LogP contribution in [0.2, 0.25) is 0 Å². The van der Waals surface area contributed by atoms with Crippen molar-refractivity contribution < 1.29 is 18.3 Å². The molecule has 1 fully saturated rings. The van der Waals surface area contributed by atoms with Gasteiger partial charge in [-0.1, -0.05) is 44.2 Å². The lowest BCUT2D eigenvalue weighted by molar-refractivity contribution is 0.143. The smallest absolute Gasteiger partial charge is 0.246 e. The van der Waals surface area contributed by atoms with Crippen molar-refractivity contribution in [3.05, 3.63) is 48.3 Å². The molecule has 3 rings (SSSR count). The van der Waals surface area contributed by atoms with Crippen LogP contribution in [0.5, 0.6) is 0 Å². The fourth-order valence-electron chi connectivity index (χ4n) is 3.18. The molecular weight excluding hydrogens is 366 g/mol. The van der Waals surface area contributed by atoms with E-state index < -0.39 is 16.1 Å². The van der Waals surface area contributed by atoms with E-state index in [-0.39, 0.29) is 23.4 Å². The Bertz CT molecular complexity index is 830. The molecule has 8 heteroatoms. The highest BCUT2D eigenvalue weighted by atomic mass is 32.2. The second kappa shape index (κ2) is 8.52. The first-order valence-electron chi connectivity index (χ1n) is 9.23. The summed E-state index contributed by atoms with van der Waals surface area (Å²) in [6.07, 6.45) is 2.88. The highest BCUT2D eigenvalue weighted by molar-refractivity contribution is 7.89. The first-order valence-corrected chi connectivity index (χ1v) is 10.7. The van der Waals surface area contributed by atoms with Crippen LogP contribution in [-0.4, -0.2) is 53.9 Å². The van der Waals surface area contributed by atoms with Gasteiger partial charge in [-0.2, -0.15) is 9.40 Å². The summed E-state index contributed by atoms with van der Waals surface area (Å²) in [5.74, 6) is 0.126. The van der Waals surface area contributed by atoms with Gasteiger partial charge in [0.1, 0.15) is 4.90 Å². The predicted molar refractivity (Wildman–Crippen MR) is 102 cm³/mol. The Balaban J connectivity index is 1.82. The molecule has 0 spiro atoms. The molecule has 0 aliphatic carbocycles. The number of aliphatic hydroxyl groups is 1. The van der Waals surface area contributed by atoms with Crippen molar-refractivity contribution in [2.75, 3.05) is 26.3 Å². The highest BCUT2D eigenvalue weighted by Crippen LogP contribution is 2.24. The maximum Gasteiger partial charge on any atom is 0.246 e. The molecule has 2 heterocycles. The molecule has 0 unspecified atom stereocenters. The van der Waals surface area contributed by atoms with E-state index in [0.29, 0.717) is 25.3 Å². The first-order chi connectivity index (χ1) is 12.9. The summed E-state index contributed by atoms with van der Waals surface area (Å²) >= 11 is 0. The number of aliphatic hydroxyl groups excluding tert-OH is 1. The Kier molecular flexibility index (Phi) is 6.31. The summed E-state index contributed by atoms with van der Waals surface area (Å²) in [7, 11) is -3.76. The average Bonchev–Trinajstić information content (AvgIpc) is 3.33. The lowest BCUT2D eigenvalue weighted by Gasteiger charge is -2.26. The SMILES string of the molecule is CC(C)CN(C[C@H](O)c1ccccc1)S(=O)(=O)c1cnn([C@@H]2CCOC2)c1. The van der Waals surface area contributed by atoms with Gasteiger partial charge in [0.25, 0.3) is 0 Å². The Labute approximate surface area is 160 Å². The molecule has 1 aromatic carbocycles. The maximum absolute atomic E-state index is 13.2. The normalized spacial score (nSPS) is 19.1. The molecular formula is C19H27N3O4S. The second-order valence-electron chi connectivity index (χ2n) is 7.32. The van der Waals surface area contributed by atoms with E-state index in [1.165, 1.54) is 10.5 Å². The van der Waals surface area contributed by atoms with Crippen LogP contribution in [0, 0.1) is 5.92 Å². The van der Waals surface area contributed by atoms with Crippen LogP contribution in [0.15, 0.2) is 47.6 Å². The van der Waals surface area contributed by atoms with Gasteiger partial charge < -0.3 is 9.84 Å². The molecule has 2 aromatic rings. The van der Waals surface area contributed by atoms with Crippen molar-refractivity contribution in [1.29, 1.82) is 0 Å². The Morgan fingerprint density at radius 2 is 2.04 bits per heavy atom. The minimum atomic E-state index is -3.76. The Morgan fingerprint density at radius 3 is 2.67 bits per heavy atom. The van der Waals surface area contributed by atoms with Gasteiger partial charge in [-0.15, -0.1) is 0 Å². The molecule has 1 N–H and O–H groups in total. The van der Waals surface area contributed by atoms with Gasteiger partial charge in [-0.05, 0) is 17.9 Å². The van der Waals surface area contributed by atoms with E-state index in [1.807, 2.05) is 32.0 Å². The van der Waals surface area contributed by atoms with E-state index in [0.717, 1.165) is 6.42 Å². The Hall–Kier alpha value is -1.74. The lowest BCUT2D eigenvalue weighted by atomic mass is 10.1. The van der Waals surface area contributed by atoms with E-state index in [9.17, 15) is 13.5 Å². The number of benzene rings is 1. The van der Waals surface area contributed by atoms with Crippen molar-refractivity contribution in [3.63, 3.8) is 0 Å². The quantitative estimate of drug-likeness (QED) is 0.743. The molecule has 0 radical (unpaired) electrons. The van der Waals surface area contributed by atoms with Gasteiger partial charge in [0, 0.05) is 25.9 Å². The molecule has 1 saturated heterocycles. The zero-order valence-electron chi connectivity index (χ0n) is 15.7. The molecule has 0 saturated carbocycles. The van der Waals surface area contributed by atoms with Gasteiger partial charge in [0.15, 0.2) is 0 Å². The fourth-order valence-corrected chi connectivity index (χ4v) is 4.74. The second-order valence-corrected chi connectivity index (χ2v) is 9.25. The van der Waals surface area contributed by atoms with Crippen LogP contribution in [0.25, 0.3) is 0 Å². The molecule has 148 valence electrons. The molecule has 7 nitrogen and oxygen atoms in total.